The van der Waals surface area contributed by atoms with Gasteiger partial charge in [-0.15, -0.1) is 0 Å². The van der Waals surface area contributed by atoms with Crippen LogP contribution in [-0.4, -0.2) is 22.9 Å². The van der Waals surface area contributed by atoms with E-state index in [4.69, 9.17) is 4.74 Å². The minimum Gasteiger partial charge on any atom is -0.442 e. The van der Waals surface area contributed by atoms with Gasteiger partial charge in [0.2, 0.25) is 0 Å². The van der Waals surface area contributed by atoms with Crippen molar-refractivity contribution in [3.63, 3.8) is 0 Å². The Morgan fingerprint density at radius 1 is 1.35 bits per heavy atom. The maximum Gasteiger partial charge on any atom is 0.429 e. The van der Waals surface area contributed by atoms with Crippen molar-refractivity contribution in [1.82, 2.24) is 4.68 Å². The maximum atomic E-state index is 11.9. The fourth-order valence-electron chi connectivity index (χ4n) is 1.27. The van der Waals surface area contributed by atoms with Gasteiger partial charge in [-0.3, -0.25) is 9.47 Å². The fourth-order valence-corrected chi connectivity index (χ4v) is 1.27. The van der Waals surface area contributed by atoms with Crippen LogP contribution in [0.15, 0.2) is 29.3 Å². The van der Waals surface area contributed by atoms with Crippen molar-refractivity contribution in [2.75, 3.05) is 11.6 Å². The lowest BCUT2D eigenvalue weighted by molar-refractivity contribution is 0.0540. The maximum absolute atomic E-state index is 11.9. The number of carbonyl (C=O) groups excluding carboxylic acids is 1. The highest BCUT2D eigenvalue weighted by atomic mass is 16.6. The fraction of sp³-hybridized carbons (Fsp3) is 0.500. The Kier molecular flexibility index (Phi) is 3.93. The molecule has 0 aromatic carbocycles. The predicted molar refractivity (Wildman–Crippen MR) is 65.7 cm³/mol. The largest absolute Gasteiger partial charge is 0.442 e. The van der Waals surface area contributed by atoms with Crippen LogP contribution in [0.3, 0.4) is 0 Å². The lowest BCUT2D eigenvalue weighted by Gasteiger charge is -2.27. The number of hydrogen-bond donors (Lipinski definition) is 0. The molecule has 0 spiro atoms. The minimum absolute atomic E-state index is 0.0958. The first-order chi connectivity index (χ1) is 7.83. The van der Waals surface area contributed by atoms with E-state index in [2.05, 4.69) is 0 Å². The van der Waals surface area contributed by atoms with Crippen molar-refractivity contribution in [2.45, 2.75) is 33.3 Å². The summed E-state index contributed by atoms with van der Waals surface area (Å²) in [7, 11) is 0. The summed E-state index contributed by atoms with van der Waals surface area (Å²) >= 11 is 0. The lowest BCUT2D eigenvalue weighted by Crippen LogP contribution is -2.43. The van der Waals surface area contributed by atoms with E-state index in [0.29, 0.717) is 6.54 Å². The highest BCUT2D eigenvalue weighted by Crippen LogP contribution is 2.09. The summed E-state index contributed by atoms with van der Waals surface area (Å²) in [5.74, 6) is 0. The van der Waals surface area contributed by atoms with Crippen LogP contribution >= 0.6 is 0 Å². The number of rotatable bonds is 2. The first-order valence-electron chi connectivity index (χ1n) is 5.52. The highest BCUT2D eigenvalue weighted by molar-refractivity contribution is 5.78. The molecule has 0 aliphatic heterocycles. The molecule has 1 amide bonds. The van der Waals surface area contributed by atoms with Gasteiger partial charge in [0.1, 0.15) is 5.60 Å². The predicted octanol–water partition coefficient (Wildman–Crippen LogP) is 1.74. The normalized spacial score (nSPS) is 11.1. The van der Waals surface area contributed by atoms with Crippen LogP contribution in [-0.2, 0) is 4.74 Å². The standard InChI is InChI=1S/C12H18N2O3/c1-5-14(11(16)17-12(2,3)4)13-8-6-10(15)7-9-13/h6-9H,5H2,1-4H3. The minimum atomic E-state index is -0.538. The van der Waals surface area contributed by atoms with E-state index < -0.39 is 11.7 Å². The van der Waals surface area contributed by atoms with Gasteiger partial charge in [0.15, 0.2) is 5.43 Å². The lowest BCUT2D eigenvalue weighted by atomic mass is 10.2. The number of pyridine rings is 1. The third-order valence-corrected chi connectivity index (χ3v) is 1.97. The van der Waals surface area contributed by atoms with Gasteiger partial charge in [-0.1, -0.05) is 0 Å². The van der Waals surface area contributed by atoms with Crippen LogP contribution < -0.4 is 10.4 Å². The zero-order valence-corrected chi connectivity index (χ0v) is 10.6. The van der Waals surface area contributed by atoms with Crippen molar-refractivity contribution in [3.8, 4) is 0 Å². The molecule has 0 saturated heterocycles. The van der Waals surface area contributed by atoms with Gasteiger partial charge in [-0.25, -0.2) is 9.80 Å². The summed E-state index contributed by atoms with van der Waals surface area (Å²) in [4.78, 5) is 22.9. The molecule has 0 radical (unpaired) electrons. The molecular formula is C12H18N2O3. The van der Waals surface area contributed by atoms with Gasteiger partial charge in [0.05, 0.1) is 0 Å². The van der Waals surface area contributed by atoms with Crippen molar-refractivity contribution in [2.24, 2.45) is 0 Å². The molecule has 1 aromatic rings. The monoisotopic (exact) mass is 238 g/mol. The van der Waals surface area contributed by atoms with Crippen molar-refractivity contribution in [1.29, 1.82) is 0 Å². The molecule has 1 rings (SSSR count). The van der Waals surface area contributed by atoms with Crippen LogP contribution in [0.2, 0.25) is 0 Å². The van der Waals surface area contributed by atoms with Crippen LogP contribution in [0, 0.1) is 0 Å². The van der Waals surface area contributed by atoms with E-state index in [9.17, 15) is 9.59 Å². The number of carbonyl (C=O) groups is 1. The number of nitrogens with zero attached hydrogens (tertiary/aromatic N) is 2. The van der Waals surface area contributed by atoms with Gasteiger partial charge in [0.25, 0.3) is 0 Å². The molecule has 0 aliphatic rings. The summed E-state index contributed by atoms with van der Waals surface area (Å²) in [6.07, 6.45) is 2.63. The zero-order valence-electron chi connectivity index (χ0n) is 10.6. The highest BCUT2D eigenvalue weighted by Gasteiger charge is 2.21. The molecule has 0 N–H and O–H groups in total. The van der Waals surface area contributed by atoms with E-state index in [-0.39, 0.29) is 5.43 Å². The van der Waals surface area contributed by atoms with Crippen LogP contribution in [0.4, 0.5) is 4.79 Å². The molecule has 17 heavy (non-hydrogen) atoms. The van der Waals surface area contributed by atoms with E-state index in [1.807, 2.05) is 27.7 Å². The quantitative estimate of drug-likeness (QED) is 0.788. The summed E-state index contributed by atoms with van der Waals surface area (Å²) in [5, 5.41) is 1.41. The zero-order chi connectivity index (χ0) is 13.1. The third kappa shape index (κ3) is 3.94. The Hall–Kier alpha value is -1.78. The summed E-state index contributed by atoms with van der Waals surface area (Å²) in [5.41, 5.74) is -0.634. The first-order valence-corrected chi connectivity index (χ1v) is 5.52. The second-order valence-electron chi connectivity index (χ2n) is 4.61. The SMILES string of the molecule is CCN(C(=O)OC(C)(C)C)n1ccc(=O)cc1. The number of ether oxygens (including phenoxy) is 1. The molecule has 94 valence electrons. The first kappa shape index (κ1) is 13.3. The second-order valence-corrected chi connectivity index (χ2v) is 4.61. The molecule has 0 fully saturated rings. The Morgan fingerprint density at radius 2 is 1.88 bits per heavy atom. The third-order valence-electron chi connectivity index (χ3n) is 1.97. The molecule has 0 unspecified atom stereocenters. The van der Waals surface area contributed by atoms with E-state index >= 15 is 0 Å². The van der Waals surface area contributed by atoms with E-state index in [1.54, 1.807) is 0 Å². The van der Waals surface area contributed by atoms with E-state index in [0.717, 1.165) is 0 Å². The topological polar surface area (TPSA) is 51.5 Å². The molecule has 5 nitrogen and oxygen atoms in total. The smallest absolute Gasteiger partial charge is 0.429 e. The van der Waals surface area contributed by atoms with Gasteiger partial charge in [-0.2, -0.15) is 0 Å². The van der Waals surface area contributed by atoms with Crippen molar-refractivity contribution in [3.05, 3.63) is 34.7 Å². The van der Waals surface area contributed by atoms with Crippen molar-refractivity contribution < 1.29 is 9.53 Å². The molecular weight excluding hydrogens is 220 g/mol. The van der Waals surface area contributed by atoms with Gasteiger partial charge < -0.3 is 4.74 Å². The molecule has 0 bridgehead atoms. The molecule has 0 aliphatic carbocycles. The Balaban J connectivity index is 2.88. The van der Waals surface area contributed by atoms with Crippen LogP contribution in [0.1, 0.15) is 27.7 Å². The number of amides is 1. The number of aromatic nitrogens is 1. The Morgan fingerprint density at radius 3 is 2.29 bits per heavy atom. The summed E-state index contributed by atoms with van der Waals surface area (Å²) < 4.78 is 6.80. The van der Waals surface area contributed by atoms with Gasteiger partial charge in [0, 0.05) is 31.1 Å². The Labute approximate surface area is 101 Å². The summed E-state index contributed by atoms with van der Waals surface area (Å²) in [6, 6.07) is 2.79. The molecule has 1 aromatic heterocycles. The average Bonchev–Trinajstić information content (AvgIpc) is 2.19. The Bertz CT molecular complexity index is 425. The van der Waals surface area contributed by atoms with Crippen LogP contribution in [0.5, 0.6) is 0 Å². The van der Waals surface area contributed by atoms with Gasteiger partial charge >= 0.3 is 6.09 Å². The molecule has 5 heteroatoms. The summed E-state index contributed by atoms with van der Waals surface area (Å²) in [6.45, 7) is 7.72. The van der Waals surface area contributed by atoms with Gasteiger partial charge in [-0.05, 0) is 27.7 Å². The van der Waals surface area contributed by atoms with E-state index in [1.165, 1.54) is 34.2 Å². The molecule has 0 saturated carbocycles. The molecule has 0 atom stereocenters. The number of hydrogen-bond acceptors (Lipinski definition) is 3. The van der Waals surface area contributed by atoms with Crippen molar-refractivity contribution >= 4 is 6.09 Å². The molecule has 1 heterocycles. The second kappa shape index (κ2) is 5.03. The average molecular weight is 238 g/mol. The van der Waals surface area contributed by atoms with Crippen LogP contribution in [0.25, 0.3) is 0 Å².